The number of carbonyl (C=O) groups is 2. The van der Waals surface area contributed by atoms with E-state index < -0.39 is 12.0 Å². The van der Waals surface area contributed by atoms with E-state index in [4.69, 9.17) is 27.9 Å². The molecule has 2 rings (SSSR count). The highest BCUT2D eigenvalue weighted by molar-refractivity contribution is 6.31. The Bertz CT molecular complexity index is 827. The molecule has 0 fully saturated rings. The molecule has 0 saturated heterocycles. The molecular formula is C22H26Cl2N2O3. The molecule has 29 heavy (non-hydrogen) atoms. The lowest BCUT2D eigenvalue weighted by Gasteiger charge is -2.12. The number of carbonyl (C=O) groups excluding carboxylic acids is 2. The first-order chi connectivity index (χ1) is 14.0. The lowest BCUT2D eigenvalue weighted by atomic mass is 10.1. The summed E-state index contributed by atoms with van der Waals surface area (Å²) in [4.78, 5) is 24.7. The summed E-state index contributed by atoms with van der Waals surface area (Å²) in [6, 6.07) is 11.3. The van der Waals surface area contributed by atoms with Crippen LogP contribution in [0.25, 0.3) is 0 Å². The SMILES string of the molecule is CCCCCCCCNC(=O)Oc1ccc(Cl)cc1C(=O)Nc1cccc(Cl)c1. The molecule has 0 atom stereocenters. The van der Waals surface area contributed by atoms with Crippen LogP contribution < -0.4 is 15.4 Å². The topological polar surface area (TPSA) is 67.4 Å². The van der Waals surface area contributed by atoms with Gasteiger partial charge in [0.2, 0.25) is 0 Å². The van der Waals surface area contributed by atoms with Gasteiger partial charge in [-0.05, 0) is 42.8 Å². The number of ether oxygens (including phenoxy) is 1. The van der Waals surface area contributed by atoms with E-state index in [1.54, 1.807) is 30.3 Å². The average Bonchev–Trinajstić information content (AvgIpc) is 2.68. The molecule has 156 valence electrons. The number of amides is 2. The Morgan fingerprint density at radius 2 is 1.66 bits per heavy atom. The minimum absolute atomic E-state index is 0.134. The highest BCUT2D eigenvalue weighted by Gasteiger charge is 2.16. The van der Waals surface area contributed by atoms with Gasteiger partial charge in [-0.3, -0.25) is 4.79 Å². The maximum atomic E-state index is 12.6. The average molecular weight is 437 g/mol. The maximum absolute atomic E-state index is 12.6. The van der Waals surface area contributed by atoms with Crippen LogP contribution in [-0.2, 0) is 0 Å². The van der Waals surface area contributed by atoms with Gasteiger partial charge < -0.3 is 15.4 Å². The highest BCUT2D eigenvalue weighted by atomic mass is 35.5. The van der Waals surface area contributed by atoms with E-state index >= 15 is 0 Å². The predicted molar refractivity (Wildman–Crippen MR) is 118 cm³/mol. The Morgan fingerprint density at radius 3 is 2.41 bits per heavy atom. The minimum atomic E-state index is -0.599. The van der Waals surface area contributed by atoms with Crippen molar-refractivity contribution in [2.75, 3.05) is 11.9 Å². The molecule has 2 aromatic carbocycles. The number of benzene rings is 2. The van der Waals surface area contributed by atoms with E-state index in [9.17, 15) is 9.59 Å². The second-order valence-corrected chi connectivity index (χ2v) is 7.56. The third kappa shape index (κ3) is 8.34. The van der Waals surface area contributed by atoms with Crippen molar-refractivity contribution < 1.29 is 14.3 Å². The third-order valence-electron chi connectivity index (χ3n) is 4.27. The van der Waals surface area contributed by atoms with Crippen LogP contribution in [0.5, 0.6) is 5.75 Å². The lowest BCUT2D eigenvalue weighted by Crippen LogP contribution is -2.28. The van der Waals surface area contributed by atoms with Crippen LogP contribution in [-0.4, -0.2) is 18.5 Å². The zero-order chi connectivity index (χ0) is 21.1. The maximum Gasteiger partial charge on any atom is 0.412 e. The number of nitrogens with one attached hydrogen (secondary N) is 2. The van der Waals surface area contributed by atoms with Gasteiger partial charge in [-0.15, -0.1) is 0 Å². The summed E-state index contributed by atoms with van der Waals surface area (Å²) in [7, 11) is 0. The molecule has 0 aliphatic carbocycles. The van der Waals surface area contributed by atoms with Gasteiger partial charge in [0.25, 0.3) is 5.91 Å². The van der Waals surface area contributed by atoms with Crippen LogP contribution >= 0.6 is 23.2 Å². The highest BCUT2D eigenvalue weighted by Crippen LogP contribution is 2.25. The number of rotatable bonds is 10. The number of hydrogen-bond acceptors (Lipinski definition) is 3. The van der Waals surface area contributed by atoms with Crippen LogP contribution in [0.4, 0.5) is 10.5 Å². The van der Waals surface area contributed by atoms with Crippen LogP contribution in [0.15, 0.2) is 42.5 Å². The van der Waals surface area contributed by atoms with Crippen molar-refractivity contribution in [1.29, 1.82) is 0 Å². The zero-order valence-corrected chi connectivity index (χ0v) is 18.0. The molecule has 0 radical (unpaired) electrons. The van der Waals surface area contributed by atoms with Gasteiger partial charge in [0.15, 0.2) is 0 Å². The van der Waals surface area contributed by atoms with Crippen LogP contribution in [0.2, 0.25) is 10.0 Å². The van der Waals surface area contributed by atoms with Crippen LogP contribution in [0.1, 0.15) is 55.8 Å². The molecule has 2 amide bonds. The van der Waals surface area contributed by atoms with Gasteiger partial charge >= 0.3 is 6.09 Å². The Hall–Kier alpha value is -2.24. The van der Waals surface area contributed by atoms with E-state index in [2.05, 4.69) is 17.6 Å². The molecule has 2 aromatic rings. The zero-order valence-electron chi connectivity index (χ0n) is 16.5. The standard InChI is InChI=1S/C22H26Cl2N2O3/c1-2-3-4-5-6-7-13-25-22(28)29-20-12-11-17(24)15-19(20)21(27)26-18-10-8-9-16(23)14-18/h8-12,14-15H,2-7,13H2,1H3,(H,25,28)(H,26,27). The molecule has 0 unspecified atom stereocenters. The molecule has 0 aliphatic heterocycles. The number of halogens is 2. The van der Waals surface area contributed by atoms with Crippen molar-refractivity contribution >= 4 is 40.9 Å². The molecule has 0 heterocycles. The molecular weight excluding hydrogens is 411 g/mol. The monoisotopic (exact) mass is 436 g/mol. The third-order valence-corrected chi connectivity index (χ3v) is 4.74. The van der Waals surface area contributed by atoms with E-state index in [-0.39, 0.29) is 11.3 Å². The Morgan fingerprint density at radius 1 is 0.931 bits per heavy atom. The van der Waals surface area contributed by atoms with E-state index in [0.717, 1.165) is 19.3 Å². The summed E-state index contributed by atoms with van der Waals surface area (Å²) in [6.45, 7) is 2.71. The van der Waals surface area contributed by atoms with E-state index in [1.165, 1.54) is 31.4 Å². The van der Waals surface area contributed by atoms with Gasteiger partial charge in [0, 0.05) is 22.3 Å². The van der Waals surface area contributed by atoms with Crippen LogP contribution in [0, 0.1) is 0 Å². The van der Waals surface area contributed by atoms with Crippen molar-refractivity contribution in [2.24, 2.45) is 0 Å². The summed E-state index contributed by atoms with van der Waals surface area (Å²) in [5.74, 6) is -0.317. The second kappa shape index (κ2) is 12.3. The van der Waals surface area contributed by atoms with Gasteiger partial charge in [-0.25, -0.2) is 4.79 Å². The summed E-state index contributed by atoms with van der Waals surface area (Å²) >= 11 is 12.0. The normalized spacial score (nSPS) is 10.4. The number of unbranched alkanes of at least 4 members (excludes halogenated alkanes) is 5. The summed E-state index contributed by atoms with van der Waals surface area (Å²) < 4.78 is 5.33. The molecule has 0 saturated carbocycles. The summed E-state index contributed by atoms with van der Waals surface area (Å²) in [5.41, 5.74) is 0.688. The van der Waals surface area contributed by atoms with Gasteiger partial charge in [0.05, 0.1) is 5.56 Å². The van der Waals surface area contributed by atoms with Crippen molar-refractivity contribution in [2.45, 2.75) is 45.4 Å². The van der Waals surface area contributed by atoms with Gasteiger partial charge in [0.1, 0.15) is 5.75 Å². The Balaban J connectivity index is 1.92. The Kier molecular flexibility index (Phi) is 9.81. The fraction of sp³-hybridized carbons (Fsp3) is 0.364. The largest absolute Gasteiger partial charge is 0.412 e. The first-order valence-electron chi connectivity index (χ1n) is 9.81. The van der Waals surface area contributed by atoms with Crippen LogP contribution in [0.3, 0.4) is 0 Å². The summed E-state index contributed by atoms with van der Waals surface area (Å²) in [6.07, 6.45) is 6.19. The quantitative estimate of drug-likeness (QED) is 0.407. The van der Waals surface area contributed by atoms with Gasteiger partial charge in [-0.1, -0.05) is 68.3 Å². The van der Waals surface area contributed by atoms with E-state index in [0.29, 0.717) is 22.3 Å². The van der Waals surface area contributed by atoms with Gasteiger partial charge in [-0.2, -0.15) is 0 Å². The fourth-order valence-corrected chi connectivity index (χ4v) is 3.13. The predicted octanol–water partition coefficient (Wildman–Crippen LogP) is 6.69. The first kappa shape index (κ1) is 23.0. The molecule has 2 N–H and O–H groups in total. The smallest absolute Gasteiger partial charge is 0.409 e. The molecule has 0 aromatic heterocycles. The number of anilines is 1. The molecule has 0 spiro atoms. The number of hydrogen-bond donors (Lipinski definition) is 2. The molecule has 0 aliphatic rings. The second-order valence-electron chi connectivity index (χ2n) is 6.69. The molecule has 0 bridgehead atoms. The van der Waals surface area contributed by atoms with E-state index in [1.807, 2.05) is 0 Å². The van der Waals surface area contributed by atoms with Crippen molar-refractivity contribution in [1.82, 2.24) is 5.32 Å². The van der Waals surface area contributed by atoms with Crippen molar-refractivity contribution in [3.05, 3.63) is 58.1 Å². The first-order valence-corrected chi connectivity index (χ1v) is 10.6. The van der Waals surface area contributed by atoms with Crippen molar-refractivity contribution in [3.8, 4) is 5.75 Å². The Labute approximate surface area is 181 Å². The lowest BCUT2D eigenvalue weighted by molar-refractivity contribution is 0.102. The molecule has 5 nitrogen and oxygen atoms in total. The summed E-state index contributed by atoms with van der Waals surface area (Å²) in [5, 5.41) is 6.30. The van der Waals surface area contributed by atoms with Crippen molar-refractivity contribution in [3.63, 3.8) is 0 Å². The minimum Gasteiger partial charge on any atom is -0.409 e. The molecule has 7 heteroatoms. The fourth-order valence-electron chi connectivity index (χ4n) is 2.77.